The summed E-state index contributed by atoms with van der Waals surface area (Å²) in [7, 11) is 1.42. The van der Waals surface area contributed by atoms with Crippen LogP contribution in [0.4, 0.5) is 0 Å². The lowest BCUT2D eigenvalue weighted by Gasteiger charge is -2.12. The number of benzene rings is 1. The fraction of sp³-hybridized carbons (Fsp3) is 0.333. The SMILES string of the molecule is CCC(C(=O)OC)c1ccc2nc[nH]c2c1. The molecule has 16 heavy (non-hydrogen) atoms. The van der Waals surface area contributed by atoms with E-state index in [1.807, 2.05) is 25.1 Å². The van der Waals surface area contributed by atoms with E-state index in [1.54, 1.807) is 6.33 Å². The van der Waals surface area contributed by atoms with Gasteiger partial charge in [0.2, 0.25) is 0 Å². The Morgan fingerprint density at radius 2 is 2.38 bits per heavy atom. The second-order valence-corrected chi connectivity index (χ2v) is 3.66. The number of methoxy groups -OCH3 is 1. The molecule has 0 saturated carbocycles. The zero-order valence-electron chi connectivity index (χ0n) is 9.36. The quantitative estimate of drug-likeness (QED) is 0.804. The smallest absolute Gasteiger partial charge is 0.313 e. The number of rotatable bonds is 3. The van der Waals surface area contributed by atoms with Crippen LogP contribution in [0.1, 0.15) is 24.8 Å². The highest BCUT2D eigenvalue weighted by Crippen LogP contribution is 2.23. The van der Waals surface area contributed by atoms with Crippen molar-refractivity contribution in [3.63, 3.8) is 0 Å². The second-order valence-electron chi connectivity index (χ2n) is 3.66. The van der Waals surface area contributed by atoms with E-state index >= 15 is 0 Å². The maximum absolute atomic E-state index is 11.6. The molecule has 1 heterocycles. The molecule has 4 nitrogen and oxygen atoms in total. The number of nitrogens with one attached hydrogen (secondary N) is 1. The van der Waals surface area contributed by atoms with E-state index in [0.29, 0.717) is 0 Å². The third-order valence-corrected chi connectivity index (χ3v) is 2.74. The van der Waals surface area contributed by atoms with Crippen LogP contribution in [0.3, 0.4) is 0 Å². The standard InChI is InChI=1S/C12H14N2O2/c1-3-9(12(15)16-2)8-4-5-10-11(6-8)14-7-13-10/h4-7,9H,3H2,1-2H3,(H,13,14). The molecule has 0 fully saturated rings. The van der Waals surface area contributed by atoms with Gasteiger partial charge in [-0.25, -0.2) is 4.98 Å². The van der Waals surface area contributed by atoms with E-state index in [9.17, 15) is 4.79 Å². The Labute approximate surface area is 93.6 Å². The lowest BCUT2D eigenvalue weighted by Crippen LogP contribution is -2.13. The van der Waals surface area contributed by atoms with Crippen LogP contribution < -0.4 is 0 Å². The van der Waals surface area contributed by atoms with Crippen LogP contribution in [-0.2, 0) is 9.53 Å². The average Bonchev–Trinajstić information content (AvgIpc) is 2.77. The van der Waals surface area contributed by atoms with Crippen LogP contribution in [0.2, 0.25) is 0 Å². The maximum atomic E-state index is 11.6. The van der Waals surface area contributed by atoms with Crippen LogP contribution >= 0.6 is 0 Å². The molecular weight excluding hydrogens is 204 g/mol. The zero-order valence-corrected chi connectivity index (χ0v) is 9.36. The molecule has 84 valence electrons. The Balaban J connectivity index is 2.40. The van der Waals surface area contributed by atoms with Crippen molar-refractivity contribution in [1.29, 1.82) is 0 Å². The van der Waals surface area contributed by atoms with Gasteiger partial charge < -0.3 is 9.72 Å². The van der Waals surface area contributed by atoms with Gasteiger partial charge >= 0.3 is 5.97 Å². The number of carbonyl (C=O) groups is 1. The van der Waals surface area contributed by atoms with Crippen molar-refractivity contribution < 1.29 is 9.53 Å². The Hall–Kier alpha value is -1.84. The summed E-state index contributed by atoms with van der Waals surface area (Å²) in [4.78, 5) is 18.7. The minimum atomic E-state index is -0.197. The molecule has 0 aliphatic rings. The van der Waals surface area contributed by atoms with Crippen LogP contribution in [0.15, 0.2) is 24.5 Å². The predicted molar refractivity (Wildman–Crippen MR) is 61.1 cm³/mol. The molecule has 0 amide bonds. The molecule has 0 spiro atoms. The van der Waals surface area contributed by atoms with Crippen molar-refractivity contribution in [2.45, 2.75) is 19.3 Å². The number of ether oxygens (including phenoxy) is 1. The molecule has 2 rings (SSSR count). The zero-order chi connectivity index (χ0) is 11.5. The summed E-state index contributed by atoms with van der Waals surface area (Å²) in [5.74, 6) is -0.390. The summed E-state index contributed by atoms with van der Waals surface area (Å²) < 4.78 is 4.79. The summed E-state index contributed by atoms with van der Waals surface area (Å²) in [6.07, 6.45) is 2.37. The molecule has 1 aromatic heterocycles. The molecule has 4 heteroatoms. The molecule has 0 saturated heterocycles. The topological polar surface area (TPSA) is 55.0 Å². The molecule has 0 radical (unpaired) electrons. The van der Waals surface area contributed by atoms with Gasteiger partial charge in [-0.1, -0.05) is 13.0 Å². The number of aromatic nitrogens is 2. The Morgan fingerprint density at radius 3 is 3.06 bits per heavy atom. The van der Waals surface area contributed by atoms with Crippen molar-refractivity contribution in [2.24, 2.45) is 0 Å². The number of carbonyl (C=O) groups excluding carboxylic acids is 1. The monoisotopic (exact) mass is 218 g/mol. The number of esters is 1. The molecule has 2 aromatic rings. The number of imidazole rings is 1. The van der Waals surface area contributed by atoms with Crippen LogP contribution in [0.25, 0.3) is 11.0 Å². The Morgan fingerprint density at radius 1 is 1.56 bits per heavy atom. The molecule has 1 atom stereocenters. The van der Waals surface area contributed by atoms with Gasteiger partial charge in [0.05, 0.1) is 30.4 Å². The first-order valence-electron chi connectivity index (χ1n) is 5.27. The summed E-state index contributed by atoms with van der Waals surface area (Å²) >= 11 is 0. The Kier molecular flexibility index (Phi) is 2.90. The van der Waals surface area contributed by atoms with Crippen LogP contribution in [0, 0.1) is 0 Å². The summed E-state index contributed by atoms with van der Waals surface area (Å²) in [6, 6.07) is 5.79. The van der Waals surface area contributed by atoms with Crippen molar-refractivity contribution in [1.82, 2.24) is 9.97 Å². The highest BCUT2D eigenvalue weighted by molar-refractivity contribution is 5.81. The molecule has 1 N–H and O–H groups in total. The fourth-order valence-electron chi connectivity index (χ4n) is 1.85. The highest BCUT2D eigenvalue weighted by Gasteiger charge is 2.19. The van der Waals surface area contributed by atoms with E-state index in [-0.39, 0.29) is 11.9 Å². The largest absolute Gasteiger partial charge is 0.469 e. The summed E-state index contributed by atoms with van der Waals surface area (Å²) in [5, 5.41) is 0. The minimum Gasteiger partial charge on any atom is -0.469 e. The first-order valence-corrected chi connectivity index (χ1v) is 5.27. The van der Waals surface area contributed by atoms with E-state index < -0.39 is 0 Å². The average molecular weight is 218 g/mol. The summed E-state index contributed by atoms with van der Waals surface area (Å²) in [5.41, 5.74) is 2.81. The van der Waals surface area contributed by atoms with Crippen molar-refractivity contribution in [2.75, 3.05) is 7.11 Å². The number of hydrogen-bond acceptors (Lipinski definition) is 3. The van der Waals surface area contributed by atoms with Gasteiger partial charge in [-0.05, 0) is 24.1 Å². The van der Waals surface area contributed by atoms with Crippen molar-refractivity contribution in [3.8, 4) is 0 Å². The highest BCUT2D eigenvalue weighted by atomic mass is 16.5. The summed E-state index contributed by atoms with van der Waals surface area (Å²) in [6.45, 7) is 1.97. The Bertz CT molecular complexity index is 504. The van der Waals surface area contributed by atoms with Crippen LogP contribution in [0.5, 0.6) is 0 Å². The fourth-order valence-corrected chi connectivity index (χ4v) is 1.85. The molecule has 0 aliphatic carbocycles. The van der Waals surface area contributed by atoms with Crippen molar-refractivity contribution >= 4 is 17.0 Å². The molecule has 0 bridgehead atoms. The van der Waals surface area contributed by atoms with E-state index in [2.05, 4.69) is 9.97 Å². The van der Waals surface area contributed by atoms with Gasteiger partial charge in [-0.15, -0.1) is 0 Å². The maximum Gasteiger partial charge on any atom is 0.313 e. The van der Waals surface area contributed by atoms with E-state index in [0.717, 1.165) is 23.0 Å². The predicted octanol–water partition coefficient (Wildman–Crippen LogP) is 2.23. The molecular formula is C12H14N2O2. The minimum absolute atomic E-state index is 0.193. The van der Waals surface area contributed by atoms with Gasteiger partial charge in [-0.3, -0.25) is 4.79 Å². The van der Waals surface area contributed by atoms with Gasteiger partial charge in [0, 0.05) is 0 Å². The van der Waals surface area contributed by atoms with Crippen LogP contribution in [-0.4, -0.2) is 23.0 Å². The number of hydrogen-bond donors (Lipinski definition) is 1. The van der Waals surface area contributed by atoms with Gasteiger partial charge in [0.15, 0.2) is 0 Å². The van der Waals surface area contributed by atoms with E-state index in [4.69, 9.17) is 4.74 Å². The normalized spacial score (nSPS) is 12.6. The van der Waals surface area contributed by atoms with Crippen molar-refractivity contribution in [3.05, 3.63) is 30.1 Å². The first-order chi connectivity index (χ1) is 7.76. The van der Waals surface area contributed by atoms with E-state index in [1.165, 1.54) is 7.11 Å². The van der Waals surface area contributed by atoms with Gasteiger partial charge in [-0.2, -0.15) is 0 Å². The van der Waals surface area contributed by atoms with Gasteiger partial charge in [0.1, 0.15) is 0 Å². The number of fused-ring (bicyclic) bond motifs is 1. The lowest BCUT2D eigenvalue weighted by molar-refractivity contribution is -0.142. The third-order valence-electron chi connectivity index (χ3n) is 2.74. The molecule has 1 unspecified atom stereocenters. The third kappa shape index (κ3) is 1.78. The number of nitrogens with zero attached hydrogens (tertiary/aromatic N) is 1. The second kappa shape index (κ2) is 4.35. The molecule has 0 aliphatic heterocycles. The lowest BCUT2D eigenvalue weighted by atomic mass is 9.96. The molecule has 1 aromatic carbocycles. The van der Waals surface area contributed by atoms with Gasteiger partial charge in [0.25, 0.3) is 0 Å². The first kappa shape index (κ1) is 10.7. The number of H-pyrrole nitrogens is 1. The number of aromatic amines is 1.